The Balaban J connectivity index is 1.72. The molecule has 3 aromatic rings. The first kappa shape index (κ1) is 20.6. The van der Waals surface area contributed by atoms with Crippen molar-refractivity contribution in [2.45, 2.75) is 44.8 Å². The number of rotatable bonds is 8. The van der Waals surface area contributed by atoms with Crippen LogP contribution in [0.2, 0.25) is 0 Å². The second-order valence-electron chi connectivity index (χ2n) is 6.43. The molecule has 0 aromatic carbocycles. The summed E-state index contributed by atoms with van der Waals surface area (Å²) >= 11 is 4.44. The monoisotopic (exact) mass is 431 g/mol. The summed E-state index contributed by atoms with van der Waals surface area (Å²) < 4.78 is 2.07. The van der Waals surface area contributed by atoms with Crippen LogP contribution in [-0.4, -0.2) is 26.4 Å². The molecule has 3 aromatic heterocycles. The third kappa shape index (κ3) is 4.63. The SMILES string of the molecule is CCCc1cc(-c2nnc(SCC(=O)Nc3sccc3C#N)n2C(C)C)cs1. The lowest BCUT2D eigenvalue weighted by Crippen LogP contribution is -2.14. The van der Waals surface area contributed by atoms with Crippen LogP contribution in [0.3, 0.4) is 0 Å². The molecule has 0 bridgehead atoms. The van der Waals surface area contributed by atoms with Gasteiger partial charge < -0.3 is 5.32 Å². The number of carbonyl (C=O) groups is 1. The predicted octanol–water partition coefficient (Wildman–Crippen LogP) is 5.20. The van der Waals surface area contributed by atoms with E-state index in [-0.39, 0.29) is 17.7 Å². The van der Waals surface area contributed by atoms with E-state index in [2.05, 4.69) is 58.4 Å². The molecule has 3 rings (SSSR count). The zero-order valence-electron chi connectivity index (χ0n) is 15.9. The summed E-state index contributed by atoms with van der Waals surface area (Å²) in [5.74, 6) is 0.879. The van der Waals surface area contributed by atoms with Gasteiger partial charge in [0.15, 0.2) is 11.0 Å². The third-order valence-corrected chi connectivity index (χ3v) is 6.73. The topological polar surface area (TPSA) is 83.6 Å². The Morgan fingerprint density at radius 1 is 1.39 bits per heavy atom. The van der Waals surface area contributed by atoms with Gasteiger partial charge in [0.1, 0.15) is 11.1 Å². The number of aromatic nitrogens is 3. The number of nitrogens with one attached hydrogen (secondary N) is 1. The molecule has 146 valence electrons. The first-order chi connectivity index (χ1) is 13.5. The van der Waals surface area contributed by atoms with Crippen LogP contribution >= 0.6 is 34.4 Å². The van der Waals surface area contributed by atoms with E-state index in [1.54, 1.807) is 22.8 Å². The molecule has 0 aliphatic heterocycles. The maximum absolute atomic E-state index is 12.3. The minimum atomic E-state index is -0.162. The van der Waals surface area contributed by atoms with E-state index < -0.39 is 0 Å². The molecule has 0 aliphatic carbocycles. The van der Waals surface area contributed by atoms with E-state index >= 15 is 0 Å². The molecular weight excluding hydrogens is 410 g/mol. The molecule has 0 fully saturated rings. The van der Waals surface area contributed by atoms with E-state index in [4.69, 9.17) is 5.26 Å². The van der Waals surface area contributed by atoms with Crippen molar-refractivity contribution in [3.63, 3.8) is 0 Å². The summed E-state index contributed by atoms with van der Waals surface area (Å²) in [6.07, 6.45) is 2.18. The molecule has 0 radical (unpaired) electrons. The van der Waals surface area contributed by atoms with Crippen molar-refractivity contribution < 1.29 is 4.79 Å². The van der Waals surface area contributed by atoms with Crippen LogP contribution < -0.4 is 5.32 Å². The van der Waals surface area contributed by atoms with E-state index in [0.29, 0.717) is 10.6 Å². The standard InChI is InChI=1S/C19H21N5OS3/c1-4-5-15-8-14(10-27-15)17-22-23-19(24(17)12(2)3)28-11-16(25)21-18-13(9-20)6-7-26-18/h6-8,10,12H,4-5,11H2,1-3H3,(H,21,25). The lowest BCUT2D eigenvalue weighted by Gasteiger charge is -2.13. The number of thiophene rings is 2. The maximum Gasteiger partial charge on any atom is 0.235 e. The average Bonchev–Trinajstić information content (AvgIpc) is 3.39. The van der Waals surface area contributed by atoms with Gasteiger partial charge in [0.05, 0.1) is 11.3 Å². The van der Waals surface area contributed by atoms with Crippen LogP contribution in [0.5, 0.6) is 0 Å². The van der Waals surface area contributed by atoms with Crippen LogP contribution in [0.25, 0.3) is 11.4 Å². The Bertz CT molecular complexity index is 996. The summed E-state index contributed by atoms with van der Waals surface area (Å²) in [7, 11) is 0. The smallest absolute Gasteiger partial charge is 0.235 e. The quantitative estimate of drug-likeness (QED) is 0.495. The van der Waals surface area contributed by atoms with E-state index in [0.717, 1.165) is 29.4 Å². The van der Waals surface area contributed by atoms with E-state index in [1.165, 1.54) is 28.0 Å². The number of amides is 1. The van der Waals surface area contributed by atoms with Crippen LogP contribution in [0.1, 0.15) is 43.7 Å². The molecule has 0 saturated heterocycles. The number of carbonyl (C=O) groups excluding carboxylic acids is 1. The molecule has 0 atom stereocenters. The Morgan fingerprint density at radius 2 is 2.21 bits per heavy atom. The molecule has 9 heteroatoms. The molecule has 28 heavy (non-hydrogen) atoms. The number of aryl methyl sites for hydroxylation is 1. The fraction of sp³-hybridized carbons (Fsp3) is 0.368. The van der Waals surface area contributed by atoms with Gasteiger partial charge in [-0.05, 0) is 37.8 Å². The molecular formula is C19H21N5OS3. The minimum Gasteiger partial charge on any atom is -0.316 e. The highest BCUT2D eigenvalue weighted by molar-refractivity contribution is 7.99. The number of hydrogen-bond donors (Lipinski definition) is 1. The summed E-state index contributed by atoms with van der Waals surface area (Å²) in [4.78, 5) is 13.6. The first-order valence-electron chi connectivity index (χ1n) is 8.96. The Hall–Kier alpha value is -2.15. The van der Waals surface area contributed by atoms with Gasteiger partial charge in [0, 0.05) is 21.9 Å². The van der Waals surface area contributed by atoms with Gasteiger partial charge in [-0.1, -0.05) is 25.1 Å². The number of thioether (sulfide) groups is 1. The van der Waals surface area contributed by atoms with Crippen molar-refractivity contribution in [3.8, 4) is 17.5 Å². The van der Waals surface area contributed by atoms with Gasteiger partial charge in [-0.25, -0.2) is 0 Å². The average molecular weight is 432 g/mol. The van der Waals surface area contributed by atoms with Gasteiger partial charge in [0.2, 0.25) is 5.91 Å². The highest BCUT2D eigenvalue weighted by Gasteiger charge is 2.19. The first-order valence-corrected chi connectivity index (χ1v) is 11.7. The zero-order chi connectivity index (χ0) is 20.1. The molecule has 1 amide bonds. The maximum atomic E-state index is 12.3. The molecule has 0 saturated carbocycles. The van der Waals surface area contributed by atoms with Crippen molar-refractivity contribution in [3.05, 3.63) is 33.3 Å². The minimum absolute atomic E-state index is 0.162. The van der Waals surface area contributed by atoms with Crippen LogP contribution in [0, 0.1) is 11.3 Å². The predicted molar refractivity (Wildman–Crippen MR) is 116 cm³/mol. The van der Waals surface area contributed by atoms with Crippen molar-refractivity contribution in [1.29, 1.82) is 5.26 Å². The summed E-state index contributed by atoms with van der Waals surface area (Å²) in [6, 6.07) is 6.12. The third-order valence-electron chi connectivity index (χ3n) is 3.96. The highest BCUT2D eigenvalue weighted by atomic mass is 32.2. The lowest BCUT2D eigenvalue weighted by molar-refractivity contribution is -0.113. The van der Waals surface area contributed by atoms with Crippen LogP contribution in [0.15, 0.2) is 28.0 Å². The lowest BCUT2D eigenvalue weighted by atomic mass is 10.2. The number of nitriles is 1. The van der Waals surface area contributed by atoms with Crippen LogP contribution in [0.4, 0.5) is 5.00 Å². The molecule has 0 aliphatic rings. The van der Waals surface area contributed by atoms with Gasteiger partial charge in [-0.2, -0.15) is 5.26 Å². The normalized spacial score (nSPS) is 11.0. The van der Waals surface area contributed by atoms with Gasteiger partial charge in [-0.15, -0.1) is 32.9 Å². The number of hydrogen-bond acceptors (Lipinski definition) is 7. The number of nitrogens with zero attached hydrogens (tertiary/aromatic N) is 4. The molecule has 0 spiro atoms. The summed E-state index contributed by atoms with van der Waals surface area (Å²) in [5.41, 5.74) is 1.56. The van der Waals surface area contributed by atoms with Gasteiger partial charge in [-0.3, -0.25) is 9.36 Å². The highest BCUT2D eigenvalue weighted by Crippen LogP contribution is 2.31. The van der Waals surface area contributed by atoms with E-state index in [1.807, 2.05) is 0 Å². The Labute approximate surface area is 176 Å². The fourth-order valence-corrected chi connectivity index (χ4v) is 5.29. The summed E-state index contributed by atoms with van der Waals surface area (Å²) in [5, 5.41) is 25.8. The molecule has 0 unspecified atom stereocenters. The van der Waals surface area contributed by atoms with Crippen molar-refractivity contribution >= 4 is 45.3 Å². The Kier molecular flexibility index (Phi) is 6.88. The summed E-state index contributed by atoms with van der Waals surface area (Å²) in [6.45, 7) is 6.34. The molecule has 3 heterocycles. The zero-order valence-corrected chi connectivity index (χ0v) is 18.4. The molecule has 1 N–H and O–H groups in total. The van der Waals surface area contributed by atoms with E-state index in [9.17, 15) is 4.79 Å². The fourth-order valence-electron chi connectivity index (χ4n) is 2.70. The second-order valence-corrected chi connectivity index (χ2v) is 9.29. The van der Waals surface area contributed by atoms with Gasteiger partial charge in [0.25, 0.3) is 0 Å². The van der Waals surface area contributed by atoms with Crippen LogP contribution in [-0.2, 0) is 11.2 Å². The van der Waals surface area contributed by atoms with Gasteiger partial charge >= 0.3 is 0 Å². The Morgan fingerprint density at radius 3 is 2.93 bits per heavy atom. The van der Waals surface area contributed by atoms with Crippen molar-refractivity contribution in [2.24, 2.45) is 0 Å². The second kappa shape index (κ2) is 9.37. The largest absolute Gasteiger partial charge is 0.316 e. The molecule has 6 nitrogen and oxygen atoms in total. The van der Waals surface area contributed by atoms with Crippen molar-refractivity contribution in [2.75, 3.05) is 11.1 Å². The van der Waals surface area contributed by atoms with Crippen molar-refractivity contribution in [1.82, 2.24) is 14.8 Å². The number of anilines is 1.